The fourth-order valence-corrected chi connectivity index (χ4v) is 2.90. The van der Waals surface area contributed by atoms with Crippen molar-refractivity contribution in [3.63, 3.8) is 0 Å². The summed E-state index contributed by atoms with van der Waals surface area (Å²) in [5.41, 5.74) is 6.12. The van der Waals surface area contributed by atoms with E-state index in [0.29, 0.717) is 5.69 Å². The minimum absolute atomic E-state index is 0.00451. The number of halogens is 1. The lowest BCUT2D eigenvalue weighted by molar-refractivity contribution is 0.462. The molecule has 2 aromatic heterocycles. The van der Waals surface area contributed by atoms with Crippen LogP contribution >= 0.6 is 11.6 Å². The van der Waals surface area contributed by atoms with Crippen molar-refractivity contribution in [3.8, 4) is 0 Å². The SMILES string of the molecule is CN(Cc1ccccn1)S(=O)(=O)c1cnc(N)c(Cl)c1. The van der Waals surface area contributed by atoms with Crippen LogP contribution in [0.5, 0.6) is 0 Å². The van der Waals surface area contributed by atoms with Gasteiger partial charge in [0.05, 0.1) is 17.3 Å². The first-order valence-electron chi connectivity index (χ1n) is 5.68. The lowest BCUT2D eigenvalue weighted by Crippen LogP contribution is -2.27. The average molecular weight is 313 g/mol. The van der Waals surface area contributed by atoms with Crippen molar-refractivity contribution in [1.82, 2.24) is 14.3 Å². The van der Waals surface area contributed by atoms with E-state index in [0.717, 1.165) is 0 Å². The third-order valence-corrected chi connectivity index (χ3v) is 4.73. The van der Waals surface area contributed by atoms with Crippen molar-refractivity contribution in [1.29, 1.82) is 0 Å². The number of anilines is 1. The number of hydrogen-bond acceptors (Lipinski definition) is 5. The Kier molecular flexibility index (Phi) is 4.22. The van der Waals surface area contributed by atoms with Crippen LogP contribution in [0.25, 0.3) is 0 Å². The minimum Gasteiger partial charge on any atom is -0.382 e. The highest BCUT2D eigenvalue weighted by molar-refractivity contribution is 7.89. The Bertz CT molecular complexity index is 707. The summed E-state index contributed by atoms with van der Waals surface area (Å²) in [4.78, 5) is 7.84. The minimum atomic E-state index is -3.69. The summed E-state index contributed by atoms with van der Waals surface area (Å²) in [5, 5.41) is 0.109. The number of nitrogen functional groups attached to an aromatic ring is 1. The molecule has 8 heteroatoms. The number of hydrogen-bond donors (Lipinski definition) is 1. The van der Waals surface area contributed by atoms with Gasteiger partial charge in [0, 0.05) is 19.4 Å². The molecule has 0 spiro atoms. The number of aromatic nitrogens is 2. The molecule has 0 radical (unpaired) electrons. The van der Waals surface area contributed by atoms with E-state index in [2.05, 4.69) is 9.97 Å². The molecule has 0 aromatic carbocycles. The topological polar surface area (TPSA) is 89.2 Å². The summed E-state index contributed by atoms with van der Waals surface area (Å²) in [6.45, 7) is 0.158. The number of nitrogens with zero attached hydrogens (tertiary/aromatic N) is 3. The van der Waals surface area contributed by atoms with E-state index in [-0.39, 0.29) is 22.3 Å². The molecule has 0 atom stereocenters. The zero-order valence-electron chi connectivity index (χ0n) is 10.7. The number of sulfonamides is 1. The highest BCUT2D eigenvalue weighted by Crippen LogP contribution is 2.22. The van der Waals surface area contributed by atoms with E-state index < -0.39 is 10.0 Å². The Morgan fingerprint density at radius 2 is 2.10 bits per heavy atom. The molecule has 0 saturated heterocycles. The van der Waals surface area contributed by atoms with Crippen LogP contribution < -0.4 is 5.73 Å². The van der Waals surface area contributed by atoms with E-state index in [1.807, 2.05) is 0 Å². The van der Waals surface area contributed by atoms with Gasteiger partial charge in [0.2, 0.25) is 10.0 Å². The molecule has 0 unspecified atom stereocenters. The van der Waals surface area contributed by atoms with Crippen LogP contribution in [-0.2, 0) is 16.6 Å². The predicted molar refractivity (Wildman–Crippen MR) is 76.5 cm³/mol. The molecule has 2 heterocycles. The molecule has 0 aliphatic heterocycles. The standard InChI is InChI=1S/C12H13ClN4O2S/c1-17(8-9-4-2-3-5-15-9)20(18,19)10-6-11(13)12(14)16-7-10/h2-7H,8H2,1H3,(H2,14,16). The molecule has 2 rings (SSSR count). The first-order valence-corrected chi connectivity index (χ1v) is 7.50. The molecule has 2 N–H and O–H groups in total. The van der Waals surface area contributed by atoms with Crippen LogP contribution in [0, 0.1) is 0 Å². The lowest BCUT2D eigenvalue weighted by Gasteiger charge is -2.16. The third-order valence-electron chi connectivity index (χ3n) is 2.66. The molecule has 106 valence electrons. The summed E-state index contributed by atoms with van der Waals surface area (Å²) in [6, 6.07) is 6.60. The van der Waals surface area contributed by atoms with Gasteiger partial charge in [0.25, 0.3) is 0 Å². The lowest BCUT2D eigenvalue weighted by atomic mass is 10.3. The van der Waals surface area contributed by atoms with Crippen molar-refractivity contribution in [2.75, 3.05) is 12.8 Å². The molecule has 6 nitrogen and oxygen atoms in total. The van der Waals surface area contributed by atoms with Crippen LogP contribution in [0.2, 0.25) is 5.02 Å². The van der Waals surface area contributed by atoms with E-state index >= 15 is 0 Å². The van der Waals surface area contributed by atoms with Gasteiger partial charge in [-0.05, 0) is 18.2 Å². The van der Waals surface area contributed by atoms with Crippen LogP contribution in [0.3, 0.4) is 0 Å². The molecule has 0 fully saturated rings. The smallest absolute Gasteiger partial charge is 0.244 e. The Balaban J connectivity index is 2.27. The maximum Gasteiger partial charge on any atom is 0.244 e. The third kappa shape index (κ3) is 3.06. The predicted octanol–water partition coefficient (Wildman–Crippen LogP) is 1.53. The molecule has 0 amide bonds. The Morgan fingerprint density at radius 1 is 1.35 bits per heavy atom. The van der Waals surface area contributed by atoms with Gasteiger partial charge in [-0.1, -0.05) is 17.7 Å². The summed E-state index contributed by atoms with van der Waals surface area (Å²) in [6.07, 6.45) is 2.79. The fourth-order valence-electron chi connectivity index (χ4n) is 1.56. The fraction of sp³-hybridized carbons (Fsp3) is 0.167. The first kappa shape index (κ1) is 14.7. The summed E-state index contributed by atoms with van der Waals surface area (Å²) in [7, 11) is -2.22. The van der Waals surface area contributed by atoms with E-state index in [4.69, 9.17) is 17.3 Å². The molecule has 0 saturated carbocycles. The van der Waals surface area contributed by atoms with Gasteiger partial charge in [-0.15, -0.1) is 0 Å². The zero-order valence-corrected chi connectivity index (χ0v) is 12.3. The van der Waals surface area contributed by atoms with Crippen molar-refractivity contribution in [2.45, 2.75) is 11.4 Å². The Hall–Kier alpha value is -1.70. The number of nitrogens with two attached hydrogens (primary N) is 1. The van der Waals surface area contributed by atoms with Crippen LogP contribution in [-0.4, -0.2) is 29.7 Å². The maximum atomic E-state index is 12.4. The Labute approximate surface area is 122 Å². The van der Waals surface area contributed by atoms with Gasteiger partial charge >= 0.3 is 0 Å². The normalized spacial score (nSPS) is 11.8. The molecule has 2 aromatic rings. The summed E-state index contributed by atoms with van der Waals surface area (Å²) in [5.74, 6) is 0.0954. The number of rotatable bonds is 4. The highest BCUT2D eigenvalue weighted by Gasteiger charge is 2.22. The highest BCUT2D eigenvalue weighted by atomic mass is 35.5. The zero-order chi connectivity index (χ0) is 14.8. The van der Waals surface area contributed by atoms with Gasteiger partial charge in [-0.25, -0.2) is 13.4 Å². The quantitative estimate of drug-likeness (QED) is 0.924. The van der Waals surface area contributed by atoms with Gasteiger partial charge in [0.1, 0.15) is 10.7 Å². The molecule has 0 bridgehead atoms. The second kappa shape index (κ2) is 5.74. The second-order valence-electron chi connectivity index (χ2n) is 4.12. The monoisotopic (exact) mass is 312 g/mol. The van der Waals surface area contributed by atoms with Gasteiger partial charge in [-0.2, -0.15) is 4.31 Å². The van der Waals surface area contributed by atoms with E-state index in [1.54, 1.807) is 24.4 Å². The molecule has 0 aliphatic rings. The van der Waals surface area contributed by atoms with Crippen LogP contribution in [0.15, 0.2) is 41.6 Å². The molecular weight excluding hydrogens is 300 g/mol. The largest absolute Gasteiger partial charge is 0.382 e. The maximum absolute atomic E-state index is 12.4. The second-order valence-corrected chi connectivity index (χ2v) is 6.57. The van der Waals surface area contributed by atoms with Crippen molar-refractivity contribution in [2.24, 2.45) is 0 Å². The number of pyridine rings is 2. The van der Waals surface area contributed by atoms with E-state index in [1.165, 1.54) is 23.6 Å². The Morgan fingerprint density at radius 3 is 2.70 bits per heavy atom. The van der Waals surface area contributed by atoms with Crippen molar-refractivity contribution in [3.05, 3.63) is 47.4 Å². The average Bonchev–Trinajstić information content (AvgIpc) is 2.42. The molecule has 0 aliphatic carbocycles. The van der Waals surface area contributed by atoms with Crippen LogP contribution in [0.4, 0.5) is 5.82 Å². The molecular formula is C12H13ClN4O2S. The van der Waals surface area contributed by atoms with Gasteiger partial charge in [-0.3, -0.25) is 4.98 Å². The molecule has 20 heavy (non-hydrogen) atoms. The van der Waals surface area contributed by atoms with E-state index in [9.17, 15) is 8.42 Å². The summed E-state index contributed by atoms with van der Waals surface area (Å²) >= 11 is 5.80. The van der Waals surface area contributed by atoms with Gasteiger partial charge in [0.15, 0.2) is 0 Å². The summed E-state index contributed by atoms with van der Waals surface area (Å²) < 4.78 is 25.9. The first-order chi connectivity index (χ1) is 9.41. The van der Waals surface area contributed by atoms with Crippen molar-refractivity contribution < 1.29 is 8.42 Å². The van der Waals surface area contributed by atoms with Gasteiger partial charge < -0.3 is 5.73 Å². The van der Waals surface area contributed by atoms with Crippen LogP contribution in [0.1, 0.15) is 5.69 Å². The van der Waals surface area contributed by atoms with Crippen molar-refractivity contribution >= 4 is 27.4 Å².